The molecular formula is C19H28N4O2. The van der Waals surface area contributed by atoms with Crippen molar-refractivity contribution in [3.05, 3.63) is 23.5 Å². The number of hydrogen-bond donors (Lipinski definition) is 0. The van der Waals surface area contributed by atoms with Crippen molar-refractivity contribution >= 4 is 16.9 Å². The molecule has 0 saturated carbocycles. The Morgan fingerprint density at radius 1 is 1.28 bits per heavy atom. The van der Waals surface area contributed by atoms with Gasteiger partial charge in [-0.3, -0.25) is 4.79 Å². The highest BCUT2D eigenvalue weighted by Crippen LogP contribution is 2.27. The molecule has 2 aromatic rings. The van der Waals surface area contributed by atoms with Gasteiger partial charge in [-0.15, -0.1) is 0 Å². The highest BCUT2D eigenvalue weighted by Gasteiger charge is 2.31. The van der Waals surface area contributed by atoms with E-state index in [2.05, 4.69) is 32.8 Å². The summed E-state index contributed by atoms with van der Waals surface area (Å²) >= 11 is 0. The van der Waals surface area contributed by atoms with Crippen molar-refractivity contribution in [2.75, 3.05) is 19.7 Å². The highest BCUT2D eigenvalue weighted by atomic mass is 16.5. The van der Waals surface area contributed by atoms with Gasteiger partial charge in [0, 0.05) is 24.8 Å². The van der Waals surface area contributed by atoms with E-state index in [-0.39, 0.29) is 23.5 Å². The predicted octanol–water partition coefficient (Wildman–Crippen LogP) is 3.39. The standard InChI is InChI=1S/C19H28N4O2/c1-12(2)16-9-14(15-10-20-23(13(3)4)17(15)21-16)18(24)22-7-8-25-19(5,6)11-22/h9-10,12-13H,7-8,11H2,1-6H3. The lowest BCUT2D eigenvalue weighted by atomic mass is 10.0. The molecule has 0 unspecified atom stereocenters. The van der Waals surface area contributed by atoms with Crippen LogP contribution < -0.4 is 0 Å². The van der Waals surface area contributed by atoms with Gasteiger partial charge < -0.3 is 9.64 Å². The van der Waals surface area contributed by atoms with Gasteiger partial charge in [-0.2, -0.15) is 5.10 Å². The molecule has 1 fully saturated rings. The summed E-state index contributed by atoms with van der Waals surface area (Å²) in [7, 11) is 0. The molecule has 6 heteroatoms. The molecule has 0 radical (unpaired) electrons. The molecule has 0 aromatic carbocycles. The quantitative estimate of drug-likeness (QED) is 0.856. The molecule has 2 aromatic heterocycles. The summed E-state index contributed by atoms with van der Waals surface area (Å²) in [4.78, 5) is 19.9. The molecule has 0 atom stereocenters. The molecule has 1 saturated heterocycles. The lowest BCUT2D eigenvalue weighted by Gasteiger charge is -2.38. The number of carbonyl (C=O) groups excluding carboxylic acids is 1. The Hall–Kier alpha value is -1.95. The fraction of sp³-hybridized carbons (Fsp3) is 0.632. The summed E-state index contributed by atoms with van der Waals surface area (Å²) in [5.74, 6) is 0.279. The van der Waals surface area contributed by atoms with E-state index in [9.17, 15) is 4.79 Å². The highest BCUT2D eigenvalue weighted by molar-refractivity contribution is 6.05. The summed E-state index contributed by atoms with van der Waals surface area (Å²) in [5, 5.41) is 5.30. The van der Waals surface area contributed by atoms with Crippen molar-refractivity contribution in [2.45, 2.75) is 59.1 Å². The van der Waals surface area contributed by atoms with Gasteiger partial charge >= 0.3 is 0 Å². The van der Waals surface area contributed by atoms with Crippen molar-refractivity contribution in [3.63, 3.8) is 0 Å². The minimum atomic E-state index is -0.316. The molecule has 1 aliphatic rings. The fourth-order valence-electron chi connectivity index (χ4n) is 3.25. The summed E-state index contributed by atoms with van der Waals surface area (Å²) < 4.78 is 7.63. The van der Waals surface area contributed by atoms with E-state index in [0.29, 0.717) is 25.3 Å². The molecule has 136 valence electrons. The second-order valence-corrected chi connectivity index (χ2v) is 8.00. The maximum atomic E-state index is 13.3. The largest absolute Gasteiger partial charge is 0.372 e. The van der Waals surface area contributed by atoms with Gasteiger partial charge in [0.15, 0.2) is 5.65 Å². The smallest absolute Gasteiger partial charge is 0.254 e. The van der Waals surface area contributed by atoms with Crippen LogP contribution in [0.25, 0.3) is 11.0 Å². The molecule has 1 amide bonds. The average Bonchev–Trinajstić information content (AvgIpc) is 2.96. The third-order valence-corrected chi connectivity index (χ3v) is 4.61. The lowest BCUT2D eigenvalue weighted by Crippen LogP contribution is -2.50. The Balaban J connectivity index is 2.09. The van der Waals surface area contributed by atoms with Crippen molar-refractivity contribution < 1.29 is 9.53 Å². The molecule has 3 rings (SSSR count). The van der Waals surface area contributed by atoms with E-state index < -0.39 is 0 Å². The van der Waals surface area contributed by atoms with Crippen LogP contribution in [-0.4, -0.2) is 50.9 Å². The summed E-state index contributed by atoms with van der Waals surface area (Å²) in [6.45, 7) is 14.1. The number of hydrogen-bond acceptors (Lipinski definition) is 4. The van der Waals surface area contributed by atoms with Crippen LogP contribution in [0.5, 0.6) is 0 Å². The number of morpholine rings is 1. The van der Waals surface area contributed by atoms with Gasteiger partial charge in [-0.25, -0.2) is 9.67 Å². The van der Waals surface area contributed by atoms with Gasteiger partial charge in [0.25, 0.3) is 5.91 Å². The number of ether oxygens (including phenoxy) is 1. The molecule has 3 heterocycles. The zero-order valence-electron chi connectivity index (χ0n) is 16.0. The maximum absolute atomic E-state index is 13.3. The summed E-state index contributed by atoms with van der Waals surface area (Å²) in [5.41, 5.74) is 2.09. The van der Waals surface area contributed by atoms with Crippen LogP contribution >= 0.6 is 0 Å². The normalized spacial score (nSPS) is 17.7. The second-order valence-electron chi connectivity index (χ2n) is 8.00. The van der Waals surface area contributed by atoms with E-state index in [1.54, 1.807) is 6.20 Å². The Morgan fingerprint density at radius 2 is 2.00 bits per heavy atom. The molecule has 0 aliphatic carbocycles. The predicted molar refractivity (Wildman–Crippen MR) is 97.9 cm³/mol. The van der Waals surface area contributed by atoms with Crippen LogP contribution in [0.3, 0.4) is 0 Å². The molecular weight excluding hydrogens is 316 g/mol. The van der Waals surface area contributed by atoms with Gasteiger partial charge in [0.2, 0.25) is 0 Å². The zero-order chi connectivity index (χ0) is 18.4. The number of rotatable bonds is 3. The summed E-state index contributed by atoms with van der Waals surface area (Å²) in [6, 6.07) is 2.13. The first-order valence-corrected chi connectivity index (χ1v) is 9.01. The number of pyridine rings is 1. The van der Waals surface area contributed by atoms with Crippen molar-refractivity contribution in [1.82, 2.24) is 19.7 Å². The van der Waals surface area contributed by atoms with E-state index in [0.717, 1.165) is 16.7 Å². The molecule has 25 heavy (non-hydrogen) atoms. The van der Waals surface area contributed by atoms with Crippen LogP contribution in [0.2, 0.25) is 0 Å². The van der Waals surface area contributed by atoms with Crippen LogP contribution in [0.4, 0.5) is 0 Å². The van der Waals surface area contributed by atoms with Crippen LogP contribution in [0.1, 0.15) is 69.6 Å². The third kappa shape index (κ3) is 3.40. The molecule has 6 nitrogen and oxygen atoms in total. The maximum Gasteiger partial charge on any atom is 0.254 e. The minimum Gasteiger partial charge on any atom is -0.372 e. The molecule has 0 spiro atoms. The number of amides is 1. The molecule has 0 bridgehead atoms. The first-order valence-electron chi connectivity index (χ1n) is 9.01. The van der Waals surface area contributed by atoms with Crippen LogP contribution in [0.15, 0.2) is 12.3 Å². The van der Waals surface area contributed by atoms with Crippen LogP contribution in [0, 0.1) is 0 Å². The number of fused-ring (bicyclic) bond motifs is 1. The second kappa shape index (κ2) is 6.41. The van der Waals surface area contributed by atoms with E-state index in [1.165, 1.54) is 0 Å². The molecule has 0 N–H and O–H groups in total. The average molecular weight is 344 g/mol. The fourth-order valence-corrected chi connectivity index (χ4v) is 3.25. The monoisotopic (exact) mass is 344 g/mol. The SMILES string of the molecule is CC(C)c1cc(C(=O)N2CCOC(C)(C)C2)c2cnn(C(C)C)c2n1. The van der Waals surface area contributed by atoms with E-state index in [4.69, 9.17) is 9.72 Å². The van der Waals surface area contributed by atoms with Gasteiger partial charge in [-0.1, -0.05) is 13.8 Å². The first-order chi connectivity index (χ1) is 11.7. The van der Waals surface area contributed by atoms with Gasteiger partial charge in [0.1, 0.15) is 0 Å². The number of aromatic nitrogens is 3. The first kappa shape index (κ1) is 17.9. The van der Waals surface area contributed by atoms with Crippen LogP contribution in [-0.2, 0) is 4.74 Å². The molecule has 1 aliphatic heterocycles. The van der Waals surface area contributed by atoms with E-state index in [1.807, 2.05) is 29.5 Å². The van der Waals surface area contributed by atoms with Gasteiger partial charge in [0.05, 0.1) is 29.4 Å². The Labute approximate surface area is 149 Å². The minimum absolute atomic E-state index is 0.0361. The van der Waals surface area contributed by atoms with Crippen molar-refractivity contribution in [2.24, 2.45) is 0 Å². The topological polar surface area (TPSA) is 60.3 Å². The number of carbonyl (C=O) groups is 1. The lowest BCUT2D eigenvalue weighted by molar-refractivity contribution is -0.0763. The summed E-state index contributed by atoms with van der Waals surface area (Å²) in [6.07, 6.45) is 1.77. The van der Waals surface area contributed by atoms with Crippen molar-refractivity contribution in [3.8, 4) is 0 Å². The number of nitrogens with zero attached hydrogens (tertiary/aromatic N) is 4. The van der Waals surface area contributed by atoms with Gasteiger partial charge in [-0.05, 0) is 39.7 Å². The zero-order valence-corrected chi connectivity index (χ0v) is 16.0. The van der Waals surface area contributed by atoms with Crippen molar-refractivity contribution in [1.29, 1.82) is 0 Å². The Bertz CT molecular complexity index is 792. The Morgan fingerprint density at radius 3 is 2.60 bits per heavy atom. The third-order valence-electron chi connectivity index (χ3n) is 4.61. The van der Waals surface area contributed by atoms with E-state index >= 15 is 0 Å². The Kier molecular flexibility index (Phi) is 4.58.